The standard InChI is InChI=1S/C15H15N3O3/c1-2-9-18(15(20)12-6-4-3-5-7-12)11-14(19)16-13-8-10-21-17-13/h2-8,10H,1,9,11H2,(H,16,17,19). The van der Waals surface area contributed by atoms with Crippen molar-refractivity contribution >= 4 is 17.6 Å². The largest absolute Gasteiger partial charge is 0.363 e. The first-order valence-electron chi connectivity index (χ1n) is 6.36. The lowest BCUT2D eigenvalue weighted by molar-refractivity contribution is -0.116. The number of carbonyl (C=O) groups is 2. The van der Waals surface area contributed by atoms with Gasteiger partial charge in [-0.25, -0.2) is 0 Å². The molecular formula is C15H15N3O3. The molecule has 21 heavy (non-hydrogen) atoms. The molecule has 0 spiro atoms. The third-order valence-corrected chi connectivity index (χ3v) is 2.70. The van der Waals surface area contributed by atoms with Crippen LogP contribution in [-0.2, 0) is 4.79 Å². The summed E-state index contributed by atoms with van der Waals surface area (Å²) in [6, 6.07) is 10.3. The Kier molecular flexibility index (Phi) is 4.87. The molecule has 1 N–H and O–H groups in total. The Morgan fingerprint density at radius 1 is 1.29 bits per heavy atom. The molecule has 1 aromatic heterocycles. The van der Waals surface area contributed by atoms with Crippen LogP contribution in [0, 0.1) is 0 Å². The summed E-state index contributed by atoms with van der Waals surface area (Å²) in [7, 11) is 0. The summed E-state index contributed by atoms with van der Waals surface area (Å²) in [5.41, 5.74) is 0.522. The lowest BCUT2D eigenvalue weighted by atomic mass is 10.2. The fourth-order valence-corrected chi connectivity index (χ4v) is 1.77. The number of aromatic nitrogens is 1. The van der Waals surface area contributed by atoms with Gasteiger partial charge >= 0.3 is 0 Å². The highest BCUT2D eigenvalue weighted by atomic mass is 16.5. The minimum absolute atomic E-state index is 0.0907. The third kappa shape index (κ3) is 4.04. The minimum Gasteiger partial charge on any atom is -0.363 e. The predicted molar refractivity (Wildman–Crippen MR) is 77.7 cm³/mol. The van der Waals surface area contributed by atoms with E-state index < -0.39 is 0 Å². The van der Waals surface area contributed by atoms with Crippen LogP contribution in [0.5, 0.6) is 0 Å². The maximum atomic E-state index is 12.3. The topological polar surface area (TPSA) is 75.4 Å². The molecule has 1 aromatic carbocycles. The molecule has 0 aliphatic rings. The molecule has 1 heterocycles. The van der Waals surface area contributed by atoms with Crippen molar-refractivity contribution in [2.45, 2.75) is 0 Å². The van der Waals surface area contributed by atoms with Crippen LogP contribution in [0.1, 0.15) is 10.4 Å². The summed E-state index contributed by atoms with van der Waals surface area (Å²) >= 11 is 0. The second-order valence-corrected chi connectivity index (χ2v) is 4.27. The van der Waals surface area contributed by atoms with E-state index in [1.165, 1.54) is 17.2 Å². The number of amides is 2. The average molecular weight is 285 g/mol. The molecule has 0 atom stereocenters. The average Bonchev–Trinajstić information content (AvgIpc) is 3.00. The van der Waals surface area contributed by atoms with Crippen molar-refractivity contribution in [3.05, 3.63) is 60.9 Å². The number of rotatable bonds is 6. The van der Waals surface area contributed by atoms with E-state index in [2.05, 4.69) is 21.6 Å². The molecule has 0 radical (unpaired) electrons. The first-order chi connectivity index (χ1) is 10.2. The molecule has 2 rings (SSSR count). The van der Waals surface area contributed by atoms with Crippen LogP contribution in [0.4, 0.5) is 5.82 Å². The van der Waals surface area contributed by atoms with E-state index in [4.69, 9.17) is 0 Å². The fraction of sp³-hybridized carbons (Fsp3) is 0.133. The monoisotopic (exact) mass is 285 g/mol. The molecule has 2 amide bonds. The summed E-state index contributed by atoms with van der Waals surface area (Å²) in [4.78, 5) is 25.6. The molecule has 0 fully saturated rings. The number of hydrogen-bond acceptors (Lipinski definition) is 4. The molecule has 2 aromatic rings. The zero-order valence-corrected chi connectivity index (χ0v) is 11.4. The van der Waals surface area contributed by atoms with E-state index in [0.717, 1.165) is 0 Å². The fourth-order valence-electron chi connectivity index (χ4n) is 1.77. The van der Waals surface area contributed by atoms with Gasteiger partial charge in [0.1, 0.15) is 12.8 Å². The first kappa shape index (κ1) is 14.5. The lowest BCUT2D eigenvalue weighted by Gasteiger charge is -2.20. The summed E-state index contributed by atoms with van der Waals surface area (Å²) in [6.45, 7) is 3.79. The first-order valence-corrected chi connectivity index (χ1v) is 6.36. The van der Waals surface area contributed by atoms with Gasteiger partial charge < -0.3 is 14.7 Å². The highest BCUT2D eigenvalue weighted by molar-refractivity contribution is 5.99. The normalized spacial score (nSPS) is 9.90. The lowest BCUT2D eigenvalue weighted by Crippen LogP contribution is -2.38. The number of nitrogens with zero attached hydrogens (tertiary/aromatic N) is 2. The van der Waals surface area contributed by atoms with Gasteiger partial charge in [0, 0.05) is 18.2 Å². The van der Waals surface area contributed by atoms with Crippen LogP contribution < -0.4 is 5.32 Å². The third-order valence-electron chi connectivity index (χ3n) is 2.70. The maximum Gasteiger partial charge on any atom is 0.254 e. The van der Waals surface area contributed by atoms with Crippen molar-refractivity contribution < 1.29 is 14.1 Å². The molecule has 0 saturated carbocycles. The van der Waals surface area contributed by atoms with Crippen molar-refractivity contribution in [2.75, 3.05) is 18.4 Å². The number of carbonyl (C=O) groups excluding carboxylic acids is 2. The summed E-state index contributed by atoms with van der Waals surface area (Å²) in [5, 5.41) is 6.13. The highest BCUT2D eigenvalue weighted by Gasteiger charge is 2.18. The van der Waals surface area contributed by atoms with E-state index in [1.807, 2.05) is 6.07 Å². The molecule has 0 aliphatic carbocycles. The van der Waals surface area contributed by atoms with Gasteiger partial charge in [-0.05, 0) is 12.1 Å². The van der Waals surface area contributed by atoms with Gasteiger partial charge in [-0.1, -0.05) is 29.4 Å². The minimum atomic E-state index is -0.352. The van der Waals surface area contributed by atoms with Crippen molar-refractivity contribution in [1.82, 2.24) is 10.1 Å². The van der Waals surface area contributed by atoms with E-state index in [1.54, 1.807) is 30.3 Å². The Balaban J connectivity index is 2.03. The quantitative estimate of drug-likeness (QED) is 0.823. The van der Waals surface area contributed by atoms with E-state index in [-0.39, 0.29) is 24.9 Å². The van der Waals surface area contributed by atoms with Gasteiger partial charge in [-0.15, -0.1) is 6.58 Å². The van der Waals surface area contributed by atoms with Crippen LogP contribution in [0.15, 0.2) is 59.8 Å². The molecule has 108 valence electrons. The molecule has 0 saturated heterocycles. The van der Waals surface area contributed by atoms with Gasteiger partial charge in [0.15, 0.2) is 5.82 Å². The number of anilines is 1. The number of nitrogens with one attached hydrogen (secondary N) is 1. The van der Waals surface area contributed by atoms with Crippen molar-refractivity contribution in [2.24, 2.45) is 0 Å². The molecule has 0 aliphatic heterocycles. The second kappa shape index (κ2) is 7.04. The van der Waals surface area contributed by atoms with Crippen LogP contribution in [0.25, 0.3) is 0 Å². The van der Waals surface area contributed by atoms with Crippen LogP contribution in [-0.4, -0.2) is 35.0 Å². The maximum absolute atomic E-state index is 12.3. The van der Waals surface area contributed by atoms with Gasteiger partial charge in [-0.2, -0.15) is 0 Å². The Bertz CT molecular complexity index is 608. The summed E-state index contributed by atoms with van der Waals surface area (Å²) in [6.07, 6.45) is 2.93. The Morgan fingerprint density at radius 3 is 2.67 bits per heavy atom. The van der Waals surface area contributed by atoms with Crippen molar-refractivity contribution in [3.8, 4) is 0 Å². The molecule has 6 nitrogen and oxygen atoms in total. The zero-order chi connectivity index (χ0) is 15.1. The van der Waals surface area contributed by atoms with Crippen LogP contribution in [0.3, 0.4) is 0 Å². The second-order valence-electron chi connectivity index (χ2n) is 4.27. The molecule has 6 heteroatoms. The van der Waals surface area contributed by atoms with Crippen LogP contribution >= 0.6 is 0 Å². The van der Waals surface area contributed by atoms with Gasteiger partial charge in [-0.3, -0.25) is 9.59 Å². The van der Waals surface area contributed by atoms with Gasteiger partial charge in [0.25, 0.3) is 5.91 Å². The van der Waals surface area contributed by atoms with Crippen molar-refractivity contribution in [1.29, 1.82) is 0 Å². The molecule has 0 unspecified atom stereocenters. The van der Waals surface area contributed by atoms with E-state index in [9.17, 15) is 9.59 Å². The van der Waals surface area contributed by atoms with Crippen LogP contribution in [0.2, 0.25) is 0 Å². The Morgan fingerprint density at radius 2 is 2.05 bits per heavy atom. The van der Waals surface area contributed by atoms with E-state index in [0.29, 0.717) is 11.4 Å². The zero-order valence-electron chi connectivity index (χ0n) is 11.4. The number of benzene rings is 1. The van der Waals surface area contributed by atoms with Gasteiger partial charge in [0.05, 0.1) is 0 Å². The molecular weight excluding hydrogens is 270 g/mol. The van der Waals surface area contributed by atoms with Gasteiger partial charge in [0.2, 0.25) is 5.91 Å². The SMILES string of the molecule is C=CCN(CC(=O)Nc1ccon1)C(=O)c1ccccc1. The smallest absolute Gasteiger partial charge is 0.254 e. The molecule has 0 bridgehead atoms. The summed E-state index contributed by atoms with van der Waals surface area (Å²) < 4.78 is 4.62. The Labute approximate surface area is 122 Å². The Hall–Kier alpha value is -2.89. The predicted octanol–water partition coefficient (Wildman–Crippen LogP) is 1.94. The number of hydrogen-bond donors (Lipinski definition) is 1. The summed E-state index contributed by atoms with van der Waals surface area (Å²) in [5.74, 6) is -0.272. The van der Waals surface area contributed by atoms with E-state index >= 15 is 0 Å². The van der Waals surface area contributed by atoms with Crippen molar-refractivity contribution in [3.63, 3.8) is 0 Å². The highest BCUT2D eigenvalue weighted by Crippen LogP contribution is 2.06.